The Labute approximate surface area is 155 Å². The normalized spacial score (nSPS) is 13.1. The van der Waals surface area contributed by atoms with Crippen LogP contribution in [-0.4, -0.2) is 17.5 Å². The van der Waals surface area contributed by atoms with Crippen molar-refractivity contribution in [2.45, 2.75) is 24.9 Å². The van der Waals surface area contributed by atoms with Crippen LogP contribution in [0.5, 0.6) is 0 Å². The van der Waals surface area contributed by atoms with Gasteiger partial charge in [-0.15, -0.1) is 0 Å². The van der Waals surface area contributed by atoms with E-state index >= 15 is 0 Å². The smallest absolute Gasteiger partial charge is 0.369 e. The molecule has 0 aliphatic heterocycles. The van der Waals surface area contributed by atoms with Crippen LogP contribution in [0.15, 0.2) is 22.7 Å². The molecule has 1 aromatic carbocycles. The second kappa shape index (κ2) is 6.33. The summed E-state index contributed by atoms with van der Waals surface area (Å²) in [5.74, 6) is 0. The van der Waals surface area contributed by atoms with E-state index in [2.05, 4.69) is 15.9 Å². The van der Waals surface area contributed by atoms with E-state index in [1.54, 1.807) is 0 Å². The van der Waals surface area contributed by atoms with Gasteiger partial charge in [0.25, 0.3) is 5.60 Å². The van der Waals surface area contributed by atoms with E-state index in [9.17, 15) is 31.4 Å². The number of aliphatic hydroxyl groups is 1. The van der Waals surface area contributed by atoms with Crippen molar-refractivity contribution >= 4 is 15.9 Å². The first-order chi connectivity index (χ1) is 7.91. The molecule has 102 valence electrons. The fourth-order valence-electron chi connectivity index (χ4n) is 1.38. The zero-order valence-electron chi connectivity index (χ0n) is 9.83. The van der Waals surface area contributed by atoms with Crippen LogP contribution in [0.4, 0.5) is 26.3 Å². The second-order valence-corrected chi connectivity index (χ2v) is 4.54. The van der Waals surface area contributed by atoms with Gasteiger partial charge in [0.15, 0.2) is 0 Å². The summed E-state index contributed by atoms with van der Waals surface area (Å²) in [5, 5.41) is 9.18. The maximum Gasteiger partial charge on any atom is 1.00 e. The molecule has 9 heteroatoms. The van der Waals surface area contributed by atoms with Gasteiger partial charge in [-0.2, -0.15) is 26.3 Å². The molecule has 1 rings (SSSR count). The molecule has 19 heavy (non-hydrogen) atoms. The van der Waals surface area contributed by atoms with E-state index in [1.807, 2.05) is 0 Å². The van der Waals surface area contributed by atoms with Gasteiger partial charge in [0.1, 0.15) is 0 Å². The molecule has 1 nitrogen and oxygen atoms in total. The van der Waals surface area contributed by atoms with Crippen LogP contribution in [0, 0.1) is 6.92 Å². The predicted octanol–water partition coefficient (Wildman–Crippen LogP) is 1.07. The summed E-state index contributed by atoms with van der Waals surface area (Å²) < 4.78 is 75.2. The molecule has 0 atom stereocenters. The Kier molecular flexibility index (Phi) is 6.62. The van der Waals surface area contributed by atoms with Crippen molar-refractivity contribution in [3.8, 4) is 0 Å². The van der Waals surface area contributed by atoms with E-state index < -0.39 is 28.0 Å². The first-order valence-corrected chi connectivity index (χ1v) is 5.33. The Balaban J connectivity index is 0.00000324. The van der Waals surface area contributed by atoms with Gasteiger partial charge in [-0.1, -0.05) is 33.6 Å². The summed E-state index contributed by atoms with van der Waals surface area (Å²) in [6, 6.07) is 2.99. The van der Waals surface area contributed by atoms with Crippen molar-refractivity contribution < 1.29 is 82.8 Å². The average molecular weight is 376 g/mol. The maximum atomic E-state index is 12.6. The predicted molar refractivity (Wildman–Crippen MR) is 54.9 cm³/mol. The fourth-order valence-corrected chi connectivity index (χ4v) is 1.92. The molecular formula is C10H7BrF6KO+. The summed E-state index contributed by atoms with van der Waals surface area (Å²) in [5.41, 5.74) is -6.01. The Hall–Kier alpha value is 0.876. The quantitative estimate of drug-likeness (QED) is 0.575. The Morgan fingerprint density at radius 3 is 1.79 bits per heavy atom. The third-order valence-electron chi connectivity index (χ3n) is 2.33. The van der Waals surface area contributed by atoms with Crippen LogP contribution in [0.1, 0.15) is 11.1 Å². The topological polar surface area (TPSA) is 20.2 Å². The number of aryl methyl sites for hydroxylation is 1. The molecule has 0 radical (unpaired) electrons. The van der Waals surface area contributed by atoms with Crippen molar-refractivity contribution in [2.24, 2.45) is 0 Å². The number of hydrogen-bond donors (Lipinski definition) is 1. The van der Waals surface area contributed by atoms with Crippen molar-refractivity contribution in [1.82, 2.24) is 0 Å². The number of rotatable bonds is 1. The van der Waals surface area contributed by atoms with Crippen LogP contribution in [0.3, 0.4) is 0 Å². The van der Waals surface area contributed by atoms with Gasteiger partial charge in [-0.05, 0) is 13.0 Å². The van der Waals surface area contributed by atoms with Crippen molar-refractivity contribution in [3.63, 3.8) is 0 Å². The Bertz CT molecular complexity index is 442. The molecule has 1 aromatic rings. The zero-order chi connectivity index (χ0) is 14.4. The molecule has 0 aliphatic rings. The van der Waals surface area contributed by atoms with Gasteiger partial charge >= 0.3 is 63.7 Å². The van der Waals surface area contributed by atoms with Gasteiger partial charge < -0.3 is 5.11 Å². The summed E-state index contributed by atoms with van der Waals surface area (Å²) >= 11 is 2.59. The van der Waals surface area contributed by atoms with Crippen LogP contribution in [0.25, 0.3) is 0 Å². The van der Waals surface area contributed by atoms with Gasteiger partial charge in [0.05, 0.1) is 0 Å². The van der Waals surface area contributed by atoms with Crippen LogP contribution in [-0.2, 0) is 5.60 Å². The summed E-state index contributed by atoms with van der Waals surface area (Å²) in [6.07, 6.45) is -11.7. The van der Waals surface area contributed by atoms with E-state index in [0.29, 0.717) is 6.07 Å². The summed E-state index contributed by atoms with van der Waals surface area (Å²) in [6.45, 7) is 1.32. The minimum Gasteiger partial charge on any atom is -0.369 e. The molecule has 0 unspecified atom stereocenters. The molecule has 0 heterocycles. The SMILES string of the molecule is Cc1ccc(Br)c(C(O)(C(F)(F)F)C(F)(F)F)c1.[K+]. The molecule has 1 N–H and O–H groups in total. The van der Waals surface area contributed by atoms with Crippen LogP contribution in [0.2, 0.25) is 0 Å². The Morgan fingerprint density at radius 1 is 1.00 bits per heavy atom. The first-order valence-electron chi connectivity index (χ1n) is 4.53. The zero-order valence-corrected chi connectivity index (χ0v) is 14.5. The minimum absolute atomic E-state index is 0. The van der Waals surface area contributed by atoms with Gasteiger partial charge in [0.2, 0.25) is 0 Å². The van der Waals surface area contributed by atoms with E-state index in [4.69, 9.17) is 0 Å². The summed E-state index contributed by atoms with van der Waals surface area (Å²) in [7, 11) is 0. The Morgan fingerprint density at radius 2 is 1.42 bits per heavy atom. The number of alkyl halides is 6. The monoisotopic (exact) mass is 375 g/mol. The first kappa shape index (κ1) is 19.9. The number of benzene rings is 1. The third kappa shape index (κ3) is 3.75. The molecule has 0 fully saturated rings. The maximum absolute atomic E-state index is 12.6. The molecule has 0 saturated heterocycles. The molecule has 0 aliphatic carbocycles. The van der Waals surface area contributed by atoms with Crippen molar-refractivity contribution in [1.29, 1.82) is 0 Å². The van der Waals surface area contributed by atoms with Gasteiger partial charge in [-0.25, -0.2) is 0 Å². The largest absolute Gasteiger partial charge is 1.00 e. The number of halogens is 7. The van der Waals surface area contributed by atoms with Gasteiger partial charge in [0, 0.05) is 10.0 Å². The minimum atomic E-state index is -5.87. The van der Waals surface area contributed by atoms with E-state index in [0.717, 1.165) is 6.07 Å². The summed E-state index contributed by atoms with van der Waals surface area (Å²) in [4.78, 5) is 0. The fraction of sp³-hybridized carbons (Fsp3) is 0.400. The van der Waals surface area contributed by atoms with E-state index in [1.165, 1.54) is 13.0 Å². The van der Waals surface area contributed by atoms with Crippen molar-refractivity contribution in [3.05, 3.63) is 33.8 Å². The van der Waals surface area contributed by atoms with Gasteiger partial charge in [-0.3, -0.25) is 0 Å². The molecular weight excluding hydrogens is 369 g/mol. The van der Waals surface area contributed by atoms with Crippen LogP contribution >= 0.6 is 15.9 Å². The molecule has 0 amide bonds. The molecule has 0 saturated carbocycles. The second-order valence-electron chi connectivity index (χ2n) is 3.69. The van der Waals surface area contributed by atoms with E-state index in [-0.39, 0.29) is 56.9 Å². The standard InChI is InChI=1S/C10H7BrF6O.K/c1-5-2-3-7(11)6(4-5)8(18,9(12,13)14)10(15,16)17;/h2-4,18H,1H3;/q;+1. The molecule has 0 aromatic heterocycles. The number of hydrogen-bond acceptors (Lipinski definition) is 1. The molecule has 0 spiro atoms. The van der Waals surface area contributed by atoms with Crippen LogP contribution < -0.4 is 51.4 Å². The average Bonchev–Trinajstić information content (AvgIpc) is 2.17. The third-order valence-corrected chi connectivity index (χ3v) is 3.02. The van der Waals surface area contributed by atoms with Crippen molar-refractivity contribution in [2.75, 3.05) is 0 Å². The molecule has 0 bridgehead atoms.